The lowest BCUT2D eigenvalue weighted by Gasteiger charge is -2.21. The Morgan fingerprint density at radius 3 is 2.53 bits per heavy atom. The van der Waals surface area contributed by atoms with E-state index in [4.69, 9.17) is 0 Å². The molecule has 12 heteroatoms. The molecular weight excluding hydrogens is 528 g/mol. The van der Waals surface area contributed by atoms with Crippen LogP contribution in [-0.2, 0) is 9.59 Å². The van der Waals surface area contributed by atoms with Gasteiger partial charge in [0, 0.05) is 50.8 Å². The Balaban J connectivity index is 1.50. The minimum Gasteiger partial charge on any atom is -0.369 e. The van der Waals surface area contributed by atoms with Gasteiger partial charge in [0.15, 0.2) is 0 Å². The predicted octanol–water partition coefficient (Wildman–Crippen LogP) is 3.30. The average molecular weight is 561 g/mol. The Labute approximate surface area is 219 Å². The number of rotatable bonds is 10. The van der Waals surface area contributed by atoms with Gasteiger partial charge in [-0.05, 0) is 67.2 Å². The molecule has 1 fully saturated rings. The average Bonchev–Trinajstić information content (AvgIpc) is 3.40. The Hall–Kier alpha value is -3.41. The second-order valence-corrected chi connectivity index (χ2v) is 9.81. The summed E-state index contributed by atoms with van der Waals surface area (Å²) in [5, 5.41) is 14.6. The number of benzene rings is 1. The zero-order valence-corrected chi connectivity index (χ0v) is 22.4. The lowest BCUT2D eigenvalue weighted by atomic mass is 9.91. The molecule has 1 aliphatic heterocycles. The predicted molar refractivity (Wildman–Crippen MR) is 143 cm³/mol. The van der Waals surface area contributed by atoms with Crippen molar-refractivity contribution in [1.29, 1.82) is 0 Å². The van der Waals surface area contributed by atoms with Crippen molar-refractivity contribution < 1.29 is 14.4 Å². The Morgan fingerprint density at radius 2 is 1.81 bits per heavy atom. The molecule has 1 aromatic carbocycles. The minimum absolute atomic E-state index is 0.0931. The molecule has 1 saturated heterocycles. The monoisotopic (exact) mass is 560 g/mol. The van der Waals surface area contributed by atoms with E-state index in [0.29, 0.717) is 41.4 Å². The van der Waals surface area contributed by atoms with Crippen molar-refractivity contribution in [2.75, 3.05) is 49.2 Å². The molecule has 4 amide bonds. The van der Waals surface area contributed by atoms with Crippen LogP contribution in [-0.4, -0.2) is 65.9 Å². The summed E-state index contributed by atoms with van der Waals surface area (Å²) in [5.74, 6) is 0.338. The van der Waals surface area contributed by atoms with Crippen LogP contribution in [0.25, 0.3) is 0 Å². The number of hydrogen-bond donors (Lipinski definition) is 5. The number of nitrogens with one attached hydrogen (secondary N) is 5. The number of anilines is 4. The fourth-order valence-corrected chi connectivity index (χ4v) is 3.94. The van der Waals surface area contributed by atoms with Crippen LogP contribution in [0.15, 0.2) is 34.9 Å². The molecule has 1 aliphatic rings. The van der Waals surface area contributed by atoms with Crippen molar-refractivity contribution in [3.05, 3.63) is 34.9 Å². The van der Waals surface area contributed by atoms with Crippen LogP contribution >= 0.6 is 15.9 Å². The van der Waals surface area contributed by atoms with Gasteiger partial charge in [-0.1, -0.05) is 6.07 Å². The third-order valence-corrected chi connectivity index (χ3v) is 6.38. The number of nitrogens with zero attached hydrogens (tertiary/aromatic N) is 3. The van der Waals surface area contributed by atoms with Gasteiger partial charge < -0.3 is 31.5 Å². The number of hydrogen-bond acceptors (Lipinski definition) is 7. The van der Waals surface area contributed by atoms with Crippen LogP contribution in [0.5, 0.6) is 0 Å². The van der Waals surface area contributed by atoms with Crippen molar-refractivity contribution in [2.24, 2.45) is 5.41 Å². The molecule has 3 rings (SSSR count). The van der Waals surface area contributed by atoms with Crippen molar-refractivity contribution in [1.82, 2.24) is 25.5 Å². The van der Waals surface area contributed by atoms with E-state index in [1.165, 1.54) is 7.05 Å². The number of aromatic nitrogens is 2. The molecule has 0 unspecified atom stereocenters. The lowest BCUT2D eigenvalue weighted by Crippen LogP contribution is -2.47. The zero-order valence-electron chi connectivity index (χ0n) is 20.8. The summed E-state index contributed by atoms with van der Waals surface area (Å²) in [6, 6.07) is 7.29. The number of carbonyl (C=O) groups excluding carboxylic acids is 3. The molecule has 36 heavy (non-hydrogen) atoms. The van der Waals surface area contributed by atoms with Gasteiger partial charge in [0.1, 0.15) is 11.2 Å². The molecule has 0 aliphatic carbocycles. The quantitative estimate of drug-likeness (QED) is 0.222. The Kier molecular flexibility index (Phi) is 9.45. The smallest absolute Gasteiger partial charge is 0.321 e. The number of halogens is 1. The van der Waals surface area contributed by atoms with E-state index < -0.39 is 5.41 Å². The van der Waals surface area contributed by atoms with Gasteiger partial charge in [-0.25, -0.2) is 9.78 Å². The fraction of sp³-hybridized carbons (Fsp3) is 0.458. The van der Waals surface area contributed by atoms with Gasteiger partial charge in [-0.3, -0.25) is 9.59 Å². The molecule has 1 aromatic heterocycles. The highest BCUT2D eigenvalue weighted by atomic mass is 79.9. The highest BCUT2D eigenvalue weighted by molar-refractivity contribution is 9.10. The molecular formula is C24H33BrN8O3. The standard InChI is InChI=1S/C24H33BrN8O3/c1-24(2,20(34)26-3)21(35)28-11-7-10-27-19-18(25)15-29-22(32-19)30-16-8-6-9-17(14-16)31-23(36)33-12-4-5-13-33/h6,8-9,14-15H,4-5,7,10-13H2,1-3H3,(H,26,34)(H,28,35)(H,31,36)(H2,27,29,30,32). The third kappa shape index (κ3) is 7.30. The molecule has 2 aromatic rings. The first-order chi connectivity index (χ1) is 17.2. The van der Waals surface area contributed by atoms with E-state index in [1.807, 2.05) is 29.2 Å². The zero-order chi connectivity index (χ0) is 26.1. The summed E-state index contributed by atoms with van der Waals surface area (Å²) in [4.78, 5) is 47.1. The summed E-state index contributed by atoms with van der Waals surface area (Å²) in [6.45, 7) is 5.70. The van der Waals surface area contributed by atoms with Crippen LogP contribution in [0.1, 0.15) is 33.1 Å². The summed E-state index contributed by atoms with van der Waals surface area (Å²) >= 11 is 3.45. The molecule has 0 atom stereocenters. The van der Waals surface area contributed by atoms with Crippen molar-refractivity contribution in [2.45, 2.75) is 33.1 Å². The Morgan fingerprint density at radius 1 is 1.08 bits per heavy atom. The normalized spacial score (nSPS) is 13.2. The molecule has 0 bridgehead atoms. The van der Waals surface area contributed by atoms with E-state index in [2.05, 4.69) is 52.5 Å². The third-order valence-electron chi connectivity index (χ3n) is 5.80. The SMILES string of the molecule is CNC(=O)C(C)(C)C(=O)NCCCNc1nc(Nc2cccc(NC(=O)N3CCCC3)c2)ncc1Br. The first-order valence-electron chi connectivity index (χ1n) is 11.9. The molecule has 0 radical (unpaired) electrons. The maximum Gasteiger partial charge on any atom is 0.321 e. The highest BCUT2D eigenvalue weighted by Gasteiger charge is 2.34. The summed E-state index contributed by atoms with van der Waals surface area (Å²) < 4.78 is 0.699. The topological polar surface area (TPSA) is 140 Å². The molecule has 0 saturated carbocycles. The summed E-state index contributed by atoms with van der Waals surface area (Å²) in [6.07, 6.45) is 4.35. The first kappa shape index (κ1) is 27.2. The number of urea groups is 1. The fourth-order valence-electron chi connectivity index (χ4n) is 3.61. The van der Waals surface area contributed by atoms with Gasteiger partial charge in [-0.2, -0.15) is 4.98 Å². The molecule has 5 N–H and O–H groups in total. The highest BCUT2D eigenvalue weighted by Crippen LogP contribution is 2.23. The molecule has 11 nitrogen and oxygen atoms in total. The van der Waals surface area contributed by atoms with Crippen LogP contribution < -0.4 is 26.6 Å². The minimum atomic E-state index is -1.13. The lowest BCUT2D eigenvalue weighted by molar-refractivity contribution is -0.141. The molecule has 194 valence electrons. The van der Waals surface area contributed by atoms with Gasteiger partial charge in [-0.15, -0.1) is 0 Å². The van der Waals surface area contributed by atoms with Crippen molar-refractivity contribution in [3.63, 3.8) is 0 Å². The number of amides is 4. The number of likely N-dealkylation sites (tertiary alicyclic amines) is 1. The van der Waals surface area contributed by atoms with Gasteiger partial charge in [0.2, 0.25) is 17.8 Å². The van der Waals surface area contributed by atoms with E-state index in [-0.39, 0.29) is 17.8 Å². The van der Waals surface area contributed by atoms with Gasteiger partial charge >= 0.3 is 6.03 Å². The van der Waals surface area contributed by atoms with E-state index in [1.54, 1.807) is 20.0 Å². The summed E-state index contributed by atoms with van der Waals surface area (Å²) in [7, 11) is 1.51. The largest absolute Gasteiger partial charge is 0.369 e. The second-order valence-electron chi connectivity index (χ2n) is 8.96. The molecule has 0 spiro atoms. The van der Waals surface area contributed by atoms with E-state index in [0.717, 1.165) is 31.6 Å². The van der Waals surface area contributed by atoms with E-state index >= 15 is 0 Å². The van der Waals surface area contributed by atoms with Crippen LogP contribution in [0.4, 0.5) is 27.9 Å². The van der Waals surface area contributed by atoms with Crippen LogP contribution in [0.3, 0.4) is 0 Å². The number of carbonyl (C=O) groups is 3. The van der Waals surface area contributed by atoms with Gasteiger partial charge in [0.25, 0.3) is 0 Å². The maximum absolute atomic E-state index is 12.4. The maximum atomic E-state index is 12.4. The van der Waals surface area contributed by atoms with E-state index in [9.17, 15) is 14.4 Å². The summed E-state index contributed by atoms with van der Waals surface area (Å²) in [5.41, 5.74) is 0.296. The van der Waals surface area contributed by atoms with Crippen molar-refractivity contribution >= 4 is 56.9 Å². The van der Waals surface area contributed by atoms with Crippen LogP contribution in [0, 0.1) is 5.41 Å². The molecule has 2 heterocycles. The van der Waals surface area contributed by atoms with Crippen molar-refractivity contribution in [3.8, 4) is 0 Å². The Bertz CT molecular complexity index is 1090. The first-order valence-corrected chi connectivity index (χ1v) is 12.7. The van der Waals surface area contributed by atoms with Gasteiger partial charge in [0.05, 0.1) is 4.47 Å². The van der Waals surface area contributed by atoms with Crippen LogP contribution in [0.2, 0.25) is 0 Å². The second kappa shape index (κ2) is 12.5.